The molecule has 0 radical (unpaired) electrons. The Hall–Kier alpha value is -2.10. The van der Waals surface area contributed by atoms with Gasteiger partial charge >= 0.3 is 0 Å². The van der Waals surface area contributed by atoms with Gasteiger partial charge in [0, 0.05) is 35.5 Å². The van der Waals surface area contributed by atoms with Crippen molar-refractivity contribution in [2.45, 2.75) is 0 Å². The minimum absolute atomic E-state index is 0.545. The van der Waals surface area contributed by atoms with Crippen LogP contribution in [0.15, 0.2) is 54.7 Å². The highest BCUT2D eigenvalue weighted by molar-refractivity contribution is 5.79. The Balaban J connectivity index is 2.15. The Bertz CT molecular complexity index is 589. The standard InChI is InChI=1S/C14H12N2O/c15-12-5-7-13(8-6-12)16(17)10-9-11-3-1-2-4-14(11)16/h1-10H,15H2. The van der Waals surface area contributed by atoms with Crippen LogP contribution in [0.3, 0.4) is 0 Å². The summed E-state index contributed by atoms with van der Waals surface area (Å²) in [6, 6.07) is 14.7. The third-order valence-electron chi connectivity index (χ3n) is 3.04. The number of rotatable bonds is 1. The summed E-state index contributed by atoms with van der Waals surface area (Å²) in [5, 5.41) is 12.8. The summed E-state index contributed by atoms with van der Waals surface area (Å²) in [5.74, 6) is 0. The zero-order valence-corrected chi connectivity index (χ0v) is 9.21. The maximum Gasteiger partial charge on any atom is 0.150 e. The average molecular weight is 224 g/mol. The van der Waals surface area contributed by atoms with E-state index in [1.165, 1.54) is 0 Å². The van der Waals surface area contributed by atoms with Crippen molar-refractivity contribution in [3.05, 3.63) is 65.5 Å². The molecule has 0 saturated carbocycles. The number of hydroxylamine groups is 1. The van der Waals surface area contributed by atoms with Crippen LogP contribution in [-0.2, 0) is 0 Å². The number of anilines is 1. The van der Waals surface area contributed by atoms with E-state index in [-0.39, 0.29) is 0 Å². The Morgan fingerprint density at radius 3 is 2.41 bits per heavy atom. The molecule has 1 heterocycles. The van der Waals surface area contributed by atoms with Crippen molar-refractivity contribution in [1.29, 1.82) is 0 Å². The highest BCUT2D eigenvalue weighted by Crippen LogP contribution is 2.41. The van der Waals surface area contributed by atoms with Crippen LogP contribution >= 0.6 is 0 Å². The molecule has 1 unspecified atom stereocenters. The van der Waals surface area contributed by atoms with Crippen molar-refractivity contribution in [3.8, 4) is 0 Å². The molecule has 1 aliphatic heterocycles. The summed E-state index contributed by atoms with van der Waals surface area (Å²) in [7, 11) is 0. The number of benzene rings is 2. The first-order chi connectivity index (χ1) is 8.20. The van der Waals surface area contributed by atoms with Crippen LogP contribution < -0.4 is 10.4 Å². The van der Waals surface area contributed by atoms with E-state index in [9.17, 15) is 5.21 Å². The SMILES string of the molecule is Nc1ccc([N+]2([O-])C=Cc3ccccc32)cc1. The Labute approximate surface area is 99.6 Å². The van der Waals surface area contributed by atoms with Gasteiger partial charge in [0.2, 0.25) is 0 Å². The quantitative estimate of drug-likeness (QED) is 0.458. The molecule has 0 saturated heterocycles. The molecule has 0 bridgehead atoms. The molecule has 2 aromatic rings. The lowest BCUT2D eigenvalue weighted by molar-refractivity contribution is 0.692. The molecule has 3 heteroatoms. The lowest BCUT2D eigenvalue weighted by Gasteiger charge is -2.35. The van der Waals surface area contributed by atoms with Gasteiger partial charge in [-0.2, -0.15) is 0 Å². The van der Waals surface area contributed by atoms with Crippen molar-refractivity contribution >= 4 is 23.1 Å². The molecule has 2 N–H and O–H groups in total. The fourth-order valence-electron chi connectivity index (χ4n) is 2.12. The van der Waals surface area contributed by atoms with Gasteiger partial charge in [-0.3, -0.25) is 4.65 Å². The normalized spacial score (nSPS) is 21.5. The van der Waals surface area contributed by atoms with Crippen LogP contribution in [0, 0.1) is 5.21 Å². The van der Waals surface area contributed by atoms with Crippen LogP contribution in [-0.4, -0.2) is 0 Å². The van der Waals surface area contributed by atoms with Gasteiger partial charge in [0.1, 0.15) is 17.6 Å². The van der Waals surface area contributed by atoms with E-state index < -0.39 is 4.65 Å². The first kappa shape index (κ1) is 10.1. The predicted octanol–water partition coefficient (Wildman–Crippen LogP) is 3.39. The molecule has 3 rings (SSSR count). The molecule has 0 amide bonds. The maximum absolute atomic E-state index is 12.8. The molecule has 1 aliphatic rings. The molecule has 0 aromatic heterocycles. The molecular weight excluding hydrogens is 212 g/mol. The zero-order valence-electron chi connectivity index (χ0n) is 9.21. The van der Waals surface area contributed by atoms with E-state index in [4.69, 9.17) is 5.73 Å². The third kappa shape index (κ3) is 1.45. The Kier molecular flexibility index (Phi) is 2.04. The minimum Gasteiger partial charge on any atom is -0.617 e. The Morgan fingerprint density at radius 2 is 1.65 bits per heavy atom. The largest absolute Gasteiger partial charge is 0.617 e. The fourth-order valence-corrected chi connectivity index (χ4v) is 2.12. The summed E-state index contributed by atoms with van der Waals surface area (Å²) in [6.45, 7) is 0. The molecule has 84 valence electrons. The predicted molar refractivity (Wildman–Crippen MR) is 71.2 cm³/mol. The van der Waals surface area contributed by atoms with Crippen LogP contribution in [0.2, 0.25) is 0 Å². The van der Waals surface area contributed by atoms with Crippen LogP contribution in [0.1, 0.15) is 5.56 Å². The monoisotopic (exact) mass is 224 g/mol. The molecule has 3 nitrogen and oxygen atoms in total. The van der Waals surface area contributed by atoms with Gasteiger partial charge in [-0.05, 0) is 18.2 Å². The first-order valence-corrected chi connectivity index (χ1v) is 5.45. The van der Waals surface area contributed by atoms with E-state index in [1.54, 1.807) is 30.5 Å². The fraction of sp³-hybridized carbons (Fsp3) is 0. The van der Waals surface area contributed by atoms with Gasteiger partial charge in [0.15, 0.2) is 0 Å². The van der Waals surface area contributed by atoms with Gasteiger partial charge in [0.25, 0.3) is 0 Å². The Morgan fingerprint density at radius 1 is 0.941 bits per heavy atom. The van der Waals surface area contributed by atoms with E-state index in [0.717, 1.165) is 11.3 Å². The smallest absolute Gasteiger partial charge is 0.150 e. The molecule has 0 fully saturated rings. The van der Waals surface area contributed by atoms with E-state index >= 15 is 0 Å². The van der Waals surface area contributed by atoms with E-state index in [2.05, 4.69) is 0 Å². The lowest BCUT2D eigenvalue weighted by atomic mass is 10.2. The second kappa shape index (κ2) is 3.45. The summed E-state index contributed by atoms with van der Waals surface area (Å²) in [5.41, 5.74) is 8.69. The summed E-state index contributed by atoms with van der Waals surface area (Å²) in [6.07, 6.45) is 3.51. The third-order valence-corrected chi connectivity index (χ3v) is 3.04. The van der Waals surface area contributed by atoms with Crippen molar-refractivity contribution in [2.75, 3.05) is 5.73 Å². The number of quaternary nitrogens is 1. The van der Waals surface area contributed by atoms with Gasteiger partial charge in [-0.1, -0.05) is 12.1 Å². The van der Waals surface area contributed by atoms with Gasteiger partial charge in [-0.25, -0.2) is 0 Å². The van der Waals surface area contributed by atoms with Crippen LogP contribution in [0.4, 0.5) is 17.1 Å². The molecule has 2 aromatic carbocycles. The molecule has 1 atom stereocenters. The van der Waals surface area contributed by atoms with Crippen molar-refractivity contribution in [3.63, 3.8) is 0 Å². The lowest BCUT2D eigenvalue weighted by Crippen LogP contribution is -2.28. The van der Waals surface area contributed by atoms with E-state index in [0.29, 0.717) is 11.4 Å². The van der Waals surface area contributed by atoms with Gasteiger partial charge in [-0.15, -0.1) is 0 Å². The highest BCUT2D eigenvalue weighted by Gasteiger charge is 2.28. The number of hydrogen-bond donors (Lipinski definition) is 1. The van der Waals surface area contributed by atoms with Crippen molar-refractivity contribution in [2.24, 2.45) is 0 Å². The summed E-state index contributed by atoms with van der Waals surface area (Å²) < 4.78 is -0.545. The zero-order chi connectivity index (χ0) is 11.9. The molecule has 17 heavy (non-hydrogen) atoms. The number of hydrogen-bond acceptors (Lipinski definition) is 2. The van der Waals surface area contributed by atoms with Gasteiger partial charge < -0.3 is 10.9 Å². The molecule has 0 aliphatic carbocycles. The molecular formula is C14H12N2O. The second-order valence-electron chi connectivity index (χ2n) is 4.12. The maximum atomic E-state index is 12.8. The summed E-state index contributed by atoms with van der Waals surface area (Å²) in [4.78, 5) is 0. The number of nitrogen functional groups attached to an aromatic ring is 1. The van der Waals surface area contributed by atoms with Crippen molar-refractivity contribution < 1.29 is 0 Å². The molecule has 0 spiro atoms. The topological polar surface area (TPSA) is 49.1 Å². The van der Waals surface area contributed by atoms with Gasteiger partial charge in [0.05, 0.1) is 0 Å². The van der Waals surface area contributed by atoms with Crippen molar-refractivity contribution in [1.82, 2.24) is 4.65 Å². The average Bonchev–Trinajstić information content (AvgIpc) is 2.70. The minimum atomic E-state index is -0.545. The van der Waals surface area contributed by atoms with Crippen LogP contribution in [0.5, 0.6) is 0 Å². The van der Waals surface area contributed by atoms with Crippen LogP contribution in [0.25, 0.3) is 6.08 Å². The highest BCUT2D eigenvalue weighted by atomic mass is 16.5. The number of fused-ring (bicyclic) bond motifs is 1. The first-order valence-electron chi connectivity index (χ1n) is 5.45. The summed E-state index contributed by atoms with van der Waals surface area (Å²) >= 11 is 0. The number of nitrogens with zero attached hydrogens (tertiary/aromatic N) is 1. The second-order valence-corrected chi connectivity index (χ2v) is 4.12. The van der Waals surface area contributed by atoms with E-state index in [1.807, 2.05) is 30.3 Å². The number of para-hydroxylation sites is 1. The number of nitrogens with two attached hydrogens (primary N) is 1.